The number of carbonyl (C=O) groups is 1. The first kappa shape index (κ1) is 17.8. The Hall–Kier alpha value is -1.28. The third kappa shape index (κ3) is 8.56. The normalized spacial score (nSPS) is 11.0. The van der Waals surface area contributed by atoms with Crippen LogP contribution in [0.2, 0.25) is 0 Å². The van der Waals surface area contributed by atoms with Crippen LogP contribution in [-0.2, 0) is 0 Å². The fraction of sp³-hybridized carbons (Fsp3) is 0.500. The molecule has 0 N–H and O–H groups in total. The van der Waals surface area contributed by atoms with Crippen LogP contribution in [0, 0.1) is 0 Å². The van der Waals surface area contributed by atoms with Crippen LogP contribution < -0.4 is 4.74 Å². The van der Waals surface area contributed by atoms with Crippen molar-refractivity contribution in [3.63, 3.8) is 0 Å². The Bertz CT molecular complexity index is 423. The molecule has 3 heteroatoms. The van der Waals surface area contributed by atoms with Crippen LogP contribution in [0.1, 0.15) is 68.6 Å². The molecule has 2 nitrogen and oxygen atoms in total. The van der Waals surface area contributed by atoms with Gasteiger partial charge in [0.2, 0.25) is 0 Å². The van der Waals surface area contributed by atoms with E-state index in [0.717, 1.165) is 6.42 Å². The zero-order valence-electron chi connectivity index (χ0n) is 12.8. The monoisotopic (exact) mass is 308 g/mol. The van der Waals surface area contributed by atoms with E-state index in [-0.39, 0.29) is 0 Å². The highest BCUT2D eigenvalue weighted by atomic mass is 35.5. The van der Waals surface area contributed by atoms with Crippen molar-refractivity contribution < 1.29 is 9.53 Å². The fourth-order valence-electron chi connectivity index (χ4n) is 2.08. The van der Waals surface area contributed by atoms with Gasteiger partial charge in [0.25, 0.3) is 5.24 Å². The summed E-state index contributed by atoms with van der Waals surface area (Å²) in [4.78, 5) is 10.9. The average molecular weight is 309 g/mol. The van der Waals surface area contributed by atoms with Crippen LogP contribution in [0.25, 0.3) is 0 Å². The molecule has 0 fully saturated rings. The maximum atomic E-state index is 10.9. The molecule has 1 aromatic rings. The zero-order valence-corrected chi connectivity index (χ0v) is 13.6. The van der Waals surface area contributed by atoms with Gasteiger partial charge in [-0.25, -0.2) is 0 Å². The molecule has 116 valence electrons. The third-order valence-corrected chi connectivity index (χ3v) is 3.57. The maximum Gasteiger partial charge on any atom is 0.252 e. The Labute approximate surface area is 133 Å². The van der Waals surface area contributed by atoms with Gasteiger partial charge in [0, 0.05) is 5.56 Å². The van der Waals surface area contributed by atoms with Crippen molar-refractivity contribution in [3.05, 3.63) is 42.2 Å². The van der Waals surface area contributed by atoms with E-state index in [1.165, 1.54) is 44.9 Å². The molecule has 0 aromatic heterocycles. The molecule has 0 saturated carbocycles. The number of hydrogen-bond acceptors (Lipinski definition) is 2. The van der Waals surface area contributed by atoms with E-state index < -0.39 is 5.24 Å². The molecule has 0 bridgehead atoms. The van der Waals surface area contributed by atoms with Gasteiger partial charge in [-0.15, -0.1) is 0 Å². The molecule has 0 saturated heterocycles. The number of rotatable bonds is 11. The Morgan fingerprint density at radius 2 is 1.67 bits per heavy atom. The molecule has 0 aliphatic carbocycles. The van der Waals surface area contributed by atoms with Gasteiger partial charge in [-0.05, 0) is 54.8 Å². The first-order valence-electron chi connectivity index (χ1n) is 7.85. The number of allylic oxidation sites excluding steroid dienone is 1. The lowest BCUT2D eigenvalue weighted by atomic mass is 10.1. The van der Waals surface area contributed by atoms with E-state index in [0.29, 0.717) is 11.3 Å². The SMILES string of the molecule is CCCCCCCCCC=COc1ccc(C(=O)Cl)cc1. The minimum Gasteiger partial charge on any atom is -0.465 e. The number of halogens is 1. The van der Waals surface area contributed by atoms with Gasteiger partial charge in [-0.2, -0.15) is 0 Å². The van der Waals surface area contributed by atoms with Crippen molar-refractivity contribution in [1.29, 1.82) is 0 Å². The summed E-state index contributed by atoms with van der Waals surface area (Å²) in [5.41, 5.74) is 0.482. The molecule has 0 atom stereocenters. The van der Waals surface area contributed by atoms with Crippen molar-refractivity contribution >= 4 is 16.8 Å². The topological polar surface area (TPSA) is 26.3 Å². The second kappa shape index (κ2) is 11.4. The minimum absolute atomic E-state index is 0.448. The molecule has 0 spiro atoms. The predicted molar refractivity (Wildman–Crippen MR) is 89.0 cm³/mol. The van der Waals surface area contributed by atoms with E-state index in [1.54, 1.807) is 30.5 Å². The van der Waals surface area contributed by atoms with E-state index in [4.69, 9.17) is 16.3 Å². The highest BCUT2D eigenvalue weighted by Crippen LogP contribution is 2.14. The molecule has 0 heterocycles. The molecule has 1 rings (SSSR count). The van der Waals surface area contributed by atoms with Gasteiger partial charge in [-0.1, -0.05) is 45.4 Å². The third-order valence-electron chi connectivity index (χ3n) is 3.36. The number of hydrogen-bond donors (Lipinski definition) is 0. The highest BCUT2D eigenvalue weighted by molar-refractivity contribution is 6.67. The van der Waals surface area contributed by atoms with Crippen LogP contribution in [-0.4, -0.2) is 5.24 Å². The summed E-state index contributed by atoms with van der Waals surface area (Å²) in [5, 5.41) is -0.448. The smallest absolute Gasteiger partial charge is 0.252 e. The average Bonchev–Trinajstić information content (AvgIpc) is 2.49. The maximum absolute atomic E-state index is 10.9. The summed E-state index contributed by atoms with van der Waals surface area (Å²) < 4.78 is 5.47. The molecule has 0 aliphatic rings. The van der Waals surface area contributed by atoms with E-state index in [1.807, 2.05) is 6.08 Å². The minimum atomic E-state index is -0.448. The fourth-order valence-corrected chi connectivity index (χ4v) is 2.20. The summed E-state index contributed by atoms with van der Waals surface area (Å²) in [6, 6.07) is 6.81. The molecule has 0 radical (unpaired) electrons. The zero-order chi connectivity index (χ0) is 15.3. The second-order valence-corrected chi connectivity index (χ2v) is 5.54. The van der Waals surface area contributed by atoms with Crippen LogP contribution in [0.5, 0.6) is 5.75 Å². The Balaban J connectivity index is 2.08. The molecule has 1 aromatic carbocycles. The molecular weight excluding hydrogens is 284 g/mol. The van der Waals surface area contributed by atoms with E-state index in [2.05, 4.69) is 6.92 Å². The van der Waals surface area contributed by atoms with Gasteiger partial charge in [-0.3, -0.25) is 4.79 Å². The lowest BCUT2D eigenvalue weighted by Gasteiger charge is -2.01. The number of unbranched alkanes of at least 4 members (excludes halogenated alkanes) is 7. The summed E-state index contributed by atoms with van der Waals surface area (Å²) in [5.74, 6) is 0.715. The van der Waals surface area contributed by atoms with Crippen LogP contribution >= 0.6 is 11.6 Å². The summed E-state index contributed by atoms with van der Waals surface area (Å²) in [7, 11) is 0. The number of carbonyl (C=O) groups excluding carboxylic acids is 1. The Morgan fingerprint density at radius 3 is 2.29 bits per heavy atom. The predicted octanol–water partition coefficient (Wildman–Crippen LogP) is 6.10. The second-order valence-electron chi connectivity index (χ2n) is 5.20. The van der Waals surface area contributed by atoms with E-state index in [9.17, 15) is 4.79 Å². The molecular formula is C18H25ClO2. The van der Waals surface area contributed by atoms with Crippen molar-refractivity contribution in [2.24, 2.45) is 0 Å². The Morgan fingerprint density at radius 1 is 1.05 bits per heavy atom. The quantitative estimate of drug-likeness (QED) is 0.280. The summed E-state index contributed by atoms with van der Waals surface area (Å²) in [6.45, 7) is 2.24. The van der Waals surface area contributed by atoms with Gasteiger partial charge < -0.3 is 4.74 Å². The molecule has 21 heavy (non-hydrogen) atoms. The largest absolute Gasteiger partial charge is 0.465 e. The highest BCUT2D eigenvalue weighted by Gasteiger charge is 2.00. The standard InChI is InChI=1S/C18H25ClO2/c1-2-3-4-5-6-7-8-9-10-15-21-17-13-11-16(12-14-17)18(19)20/h10-15H,2-9H2,1H3. The number of benzene rings is 1. The lowest BCUT2D eigenvalue weighted by molar-refractivity contribution is 0.108. The molecule has 0 aliphatic heterocycles. The van der Waals surface area contributed by atoms with Crippen LogP contribution in [0.15, 0.2) is 36.6 Å². The van der Waals surface area contributed by atoms with Crippen molar-refractivity contribution in [2.45, 2.75) is 58.3 Å². The lowest BCUT2D eigenvalue weighted by Crippen LogP contribution is -1.88. The first-order valence-corrected chi connectivity index (χ1v) is 8.23. The Kier molecular flexibility index (Phi) is 9.64. The molecule has 0 unspecified atom stereocenters. The van der Waals surface area contributed by atoms with Crippen LogP contribution in [0.3, 0.4) is 0 Å². The van der Waals surface area contributed by atoms with E-state index >= 15 is 0 Å². The van der Waals surface area contributed by atoms with Gasteiger partial charge >= 0.3 is 0 Å². The van der Waals surface area contributed by atoms with Crippen molar-refractivity contribution in [3.8, 4) is 5.75 Å². The van der Waals surface area contributed by atoms with Crippen molar-refractivity contribution in [2.75, 3.05) is 0 Å². The van der Waals surface area contributed by atoms with Gasteiger partial charge in [0.15, 0.2) is 0 Å². The molecule has 0 amide bonds. The number of ether oxygens (including phenoxy) is 1. The summed E-state index contributed by atoms with van der Waals surface area (Å²) in [6.07, 6.45) is 14.1. The van der Waals surface area contributed by atoms with Gasteiger partial charge in [0.05, 0.1) is 6.26 Å². The van der Waals surface area contributed by atoms with Crippen molar-refractivity contribution in [1.82, 2.24) is 0 Å². The van der Waals surface area contributed by atoms with Gasteiger partial charge in [0.1, 0.15) is 5.75 Å². The van der Waals surface area contributed by atoms with Crippen LogP contribution in [0.4, 0.5) is 0 Å². The first-order chi connectivity index (χ1) is 10.2. The summed E-state index contributed by atoms with van der Waals surface area (Å²) >= 11 is 5.38.